The molecule has 0 saturated carbocycles. The highest BCUT2D eigenvalue weighted by molar-refractivity contribution is 5.99. The number of furan rings is 1. The third-order valence-corrected chi connectivity index (χ3v) is 6.34. The van der Waals surface area contributed by atoms with Crippen LogP contribution in [0.5, 0.6) is 11.5 Å². The van der Waals surface area contributed by atoms with E-state index in [0.717, 1.165) is 4.68 Å². The van der Waals surface area contributed by atoms with Gasteiger partial charge in [-0.2, -0.15) is 10.4 Å². The van der Waals surface area contributed by atoms with E-state index in [1.54, 1.807) is 25.1 Å². The molecule has 0 unspecified atom stereocenters. The average Bonchev–Trinajstić information content (AvgIpc) is 3.55. The molecule has 2 amide bonds. The predicted molar refractivity (Wildman–Crippen MR) is 143 cm³/mol. The van der Waals surface area contributed by atoms with E-state index in [2.05, 4.69) is 19.9 Å². The van der Waals surface area contributed by atoms with E-state index in [4.69, 9.17) is 9.52 Å². The third kappa shape index (κ3) is 5.50. The van der Waals surface area contributed by atoms with E-state index in [9.17, 15) is 28.4 Å². The minimum Gasteiger partial charge on any atom is -0.448 e. The number of hydrogen-bond acceptors (Lipinski definition) is 9. The molecule has 0 aliphatic carbocycles. The van der Waals surface area contributed by atoms with Gasteiger partial charge in [-0.25, -0.2) is 4.68 Å². The highest BCUT2D eigenvalue weighted by atomic mass is 19.3. The van der Waals surface area contributed by atoms with Crippen LogP contribution >= 0.6 is 0 Å². The molecule has 1 aliphatic rings. The number of halogens is 2. The molecule has 1 aliphatic heterocycles. The summed E-state index contributed by atoms with van der Waals surface area (Å²) >= 11 is 0. The number of nitrogens with one attached hydrogen (secondary N) is 1. The van der Waals surface area contributed by atoms with Crippen molar-refractivity contribution in [3.05, 3.63) is 70.2 Å². The van der Waals surface area contributed by atoms with Crippen LogP contribution in [0, 0.1) is 11.3 Å². The number of aliphatic hydroxyl groups is 1. The van der Waals surface area contributed by atoms with Crippen molar-refractivity contribution in [1.29, 1.82) is 5.26 Å². The van der Waals surface area contributed by atoms with Crippen LogP contribution in [0.2, 0.25) is 0 Å². The molecule has 216 valence electrons. The van der Waals surface area contributed by atoms with Crippen LogP contribution in [-0.4, -0.2) is 52.7 Å². The van der Waals surface area contributed by atoms with E-state index < -0.39 is 30.2 Å². The molecule has 0 bridgehead atoms. The van der Waals surface area contributed by atoms with Crippen LogP contribution in [0.3, 0.4) is 0 Å². The van der Waals surface area contributed by atoms with Crippen molar-refractivity contribution in [2.24, 2.45) is 0 Å². The number of carbonyl (C=O) groups is 2. The summed E-state index contributed by atoms with van der Waals surface area (Å²) in [6.45, 7) is 1.27. The molecule has 42 heavy (non-hydrogen) atoms. The number of nitrogens with zero attached hydrogens (tertiary/aromatic N) is 4. The number of amides is 2. The summed E-state index contributed by atoms with van der Waals surface area (Å²) in [4.78, 5) is 40.8. The largest absolute Gasteiger partial charge is 0.586 e. The van der Waals surface area contributed by atoms with Gasteiger partial charge in [0.15, 0.2) is 22.8 Å². The molecule has 14 heteroatoms. The van der Waals surface area contributed by atoms with Crippen molar-refractivity contribution in [1.82, 2.24) is 15.1 Å². The van der Waals surface area contributed by atoms with Crippen molar-refractivity contribution in [2.45, 2.75) is 26.2 Å². The van der Waals surface area contributed by atoms with Gasteiger partial charge in [0.25, 0.3) is 11.5 Å². The Labute approximate surface area is 236 Å². The summed E-state index contributed by atoms with van der Waals surface area (Å²) in [6.07, 6.45) is -3.51. The Morgan fingerprint density at radius 3 is 2.69 bits per heavy atom. The Morgan fingerprint density at radius 2 is 1.95 bits per heavy atom. The van der Waals surface area contributed by atoms with Gasteiger partial charge in [-0.15, -0.1) is 8.78 Å². The van der Waals surface area contributed by atoms with E-state index in [0.29, 0.717) is 17.5 Å². The van der Waals surface area contributed by atoms with Crippen LogP contribution in [0.15, 0.2) is 57.7 Å². The molecule has 2 aromatic carbocycles. The number of likely N-dealkylation sites (N-methyl/N-ethyl adjacent to an activating group) is 1. The van der Waals surface area contributed by atoms with Gasteiger partial charge < -0.3 is 29.2 Å². The van der Waals surface area contributed by atoms with E-state index >= 15 is 0 Å². The molecule has 0 radical (unpaired) electrons. The zero-order valence-corrected chi connectivity index (χ0v) is 22.1. The van der Waals surface area contributed by atoms with Crippen LogP contribution in [0.25, 0.3) is 22.2 Å². The van der Waals surface area contributed by atoms with Crippen molar-refractivity contribution >= 4 is 28.5 Å². The molecule has 0 saturated heterocycles. The summed E-state index contributed by atoms with van der Waals surface area (Å²) in [5.74, 6) is -1.83. The average molecular weight is 580 g/mol. The van der Waals surface area contributed by atoms with E-state index in [-0.39, 0.29) is 59.3 Å². The number of alkyl halides is 2. The number of fused-ring (bicyclic) bond motifs is 2. The second-order valence-corrected chi connectivity index (χ2v) is 9.13. The highest BCUT2D eigenvalue weighted by Gasteiger charge is 2.43. The monoisotopic (exact) mass is 579 g/mol. The SMILES string of the molecule is CCN(C(=O)Cn1nc(-c2cccc(C#N)c2)c2oc(C(=O)NCCCO)cc2c1=O)c1ccc2c(c1)OC(F)(F)O2. The lowest BCUT2D eigenvalue weighted by Crippen LogP contribution is -2.37. The number of nitriles is 1. The van der Waals surface area contributed by atoms with Crippen molar-refractivity contribution < 1.29 is 37.4 Å². The fourth-order valence-electron chi connectivity index (χ4n) is 4.41. The normalized spacial score (nSPS) is 13.1. The number of hydrogen-bond donors (Lipinski definition) is 2. The van der Waals surface area contributed by atoms with Gasteiger partial charge >= 0.3 is 6.29 Å². The Bertz CT molecular complexity index is 1790. The lowest BCUT2D eigenvalue weighted by molar-refractivity contribution is -0.286. The second-order valence-electron chi connectivity index (χ2n) is 9.13. The lowest BCUT2D eigenvalue weighted by atomic mass is 10.1. The topological polar surface area (TPSA) is 160 Å². The first-order valence-electron chi connectivity index (χ1n) is 12.8. The van der Waals surface area contributed by atoms with Gasteiger partial charge in [-0.3, -0.25) is 14.4 Å². The highest BCUT2D eigenvalue weighted by Crippen LogP contribution is 2.43. The van der Waals surface area contributed by atoms with Crippen LogP contribution < -0.4 is 25.2 Å². The first-order valence-corrected chi connectivity index (χ1v) is 12.8. The molecule has 4 aromatic rings. The Hall–Kier alpha value is -5.29. The number of aliphatic hydroxyl groups excluding tert-OH is 1. The summed E-state index contributed by atoms with van der Waals surface area (Å²) in [5.41, 5.74) is 0.287. The molecule has 12 nitrogen and oxygen atoms in total. The van der Waals surface area contributed by atoms with E-state index in [1.807, 2.05) is 6.07 Å². The Balaban J connectivity index is 1.54. The number of ether oxygens (including phenoxy) is 2. The van der Waals surface area contributed by atoms with Crippen LogP contribution in [0.1, 0.15) is 29.5 Å². The van der Waals surface area contributed by atoms with Gasteiger partial charge in [0.1, 0.15) is 12.2 Å². The zero-order chi connectivity index (χ0) is 30.0. The van der Waals surface area contributed by atoms with Crippen molar-refractivity contribution in [3.8, 4) is 28.8 Å². The minimum absolute atomic E-state index is 0.0184. The number of aromatic nitrogens is 2. The number of anilines is 1. The Morgan fingerprint density at radius 1 is 1.17 bits per heavy atom. The molecular formula is C28H23F2N5O7. The molecule has 0 spiro atoms. The predicted octanol–water partition coefficient (Wildman–Crippen LogP) is 3.01. The van der Waals surface area contributed by atoms with Gasteiger partial charge in [-0.05, 0) is 37.6 Å². The van der Waals surface area contributed by atoms with Crippen molar-refractivity contribution in [3.63, 3.8) is 0 Å². The zero-order valence-electron chi connectivity index (χ0n) is 22.1. The third-order valence-electron chi connectivity index (χ3n) is 6.34. The lowest BCUT2D eigenvalue weighted by Gasteiger charge is -2.21. The number of benzene rings is 2. The molecule has 0 atom stereocenters. The summed E-state index contributed by atoms with van der Waals surface area (Å²) in [7, 11) is 0. The molecule has 3 heterocycles. The molecular weight excluding hydrogens is 556 g/mol. The standard InChI is InChI=1S/C28H23F2N5O7/c1-2-34(18-7-8-20-21(12-18)42-28(29,30)41-20)23(37)15-35-27(39)19-13-22(26(38)32-9-4-10-36)40-25(19)24(33-35)17-6-3-5-16(11-17)14-31/h3,5-8,11-13,36H,2,4,9-10,15H2,1H3,(H,32,38). The van der Waals surface area contributed by atoms with Crippen LogP contribution in [-0.2, 0) is 11.3 Å². The fourth-order valence-corrected chi connectivity index (χ4v) is 4.41. The maximum Gasteiger partial charge on any atom is 0.586 e. The molecule has 2 N–H and O–H groups in total. The van der Waals surface area contributed by atoms with Gasteiger partial charge in [0.2, 0.25) is 5.91 Å². The quantitative estimate of drug-likeness (QED) is 0.284. The molecule has 2 aromatic heterocycles. The maximum absolute atomic E-state index is 13.5. The number of rotatable bonds is 9. The summed E-state index contributed by atoms with van der Waals surface area (Å²) in [6, 6.07) is 13.5. The van der Waals surface area contributed by atoms with Crippen LogP contribution in [0.4, 0.5) is 14.5 Å². The number of carbonyl (C=O) groups excluding carboxylic acids is 2. The fraction of sp³-hybridized carbons (Fsp3) is 0.250. The molecule has 5 rings (SSSR count). The van der Waals surface area contributed by atoms with Gasteiger partial charge in [-0.1, -0.05) is 12.1 Å². The van der Waals surface area contributed by atoms with Crippen molar-refractivity contribution in [2.75, 3.05) is 24.6 Å². The first-order chi connectivity index (χ1) is 20.1. The minimum atomic E-state index is -3.83. The summed E-state index contributed by atoms with van der Waals surface area (Å²) in [5, 5.41) is 25.3. The maximum atomic E-state index is 13.5. The second kappa shape index (κ2) is 11.3. The smallest absolute Gasteiger partial charge is 0.448 e. The summed E-state index contributed by atoms with van der Waals surface area (Å²) < 4.78 is 42.5. The Kier molecular flexibility index (Phi) is 7.60. The van der Waals surface area contributed by atoms with Gasteiger partial charge in [0.05, 0.1) is 17.0 Å². The van der Waals surface area contributed by atoms with E-state index in [1.165, 1.54) is 35.2 Å². The molecule has 0 fully saturated rings. The first kappa shape index (κ1) is 28.2. The van der Waals surface area contributed by atoms with Gasteiger partial charge in [0, 0.05) is 43.1 Å².